The van der Waals surface area contributed by atoms with E-state index >= 15 is 0 Å². The number of carbonyl (C=O) groups excluding carboxylic acids is 1. The summed E-state index contributed by atoms with van der Waals surface area (Å²) in [6, 6.07) is 9.52. The van der Waals surface area contributed by atoms with Gasteiger partial charge in [-0.25, -0.2) is 8.42 Å². The van der Waals surface area contributed by atoms with Crippen LogP contribution in [-0.4, -0.2) is 38.9 Å². The van der Waals surface area contributed by atoms with Crippen LogP contribution >= 0.6 is 0 Å². The van der Waals surface area contributed by atoms with E-state index in [1.807, 2.05) is 30.3 Å². The van der Waals surface area contributed by atoms with Crippen LogP contribution in [0, 0.1) is 5.41 Å². The van der Waals surface area contributed by atoms with Gasteiger partial charge in [0.2, 0.25) is 5.91 Å². The monoisotopic (exact) mass is 310 g/mol. The molecule has 1 aliphatic rings. The standard InChI is InChI=1S/C15H22N2O3S/c16-11-15(6-8-21(19,20)9-7-15)12-17-14(18)10-13-4-2-1-3-5-13/h1-5H,6-12,16H2,(H,17,18). The molecule has 1 amide bonds. The largest absolute Gasteiger partial charge is 0.355 e. The highest BCUT2D eigenvalue weighted by Crippen LogP contribution is 2.30. The third-order valence-corrected chi connectivity index (χ3v) is 5.84. The lowest BCUT2D eigenvalue weighted by atomic mass is 9.82. The average molecular weight is 310 g/mol. The van der Waals surface area contributed by atoms with Crippen molar-refractivity contribution in [2.45, 2.75) is 19.3 Å². The number of amides is 1. The molecule has 6 heteroatoms. The number of rotatable bonds is 5. The van der Waals surface area contributed by atoms with Gasteiger partial charge in [-0.05, 0) is 24.9 Å². The quantitative estimate of drug-likeness (QED) is 0.829. The molecular formula is C15H22N2O3S. The Bertz CT molecular complexity index is 570. The molecule has 0 aromatic heterocycles. The van der Waals surface area contributed by atoms with E-state index in [1.54, 1.807) is 0 Å². The molecule has 0 saturated carbocycles. The van der Waals surface area contributed by atoms with Gasteiger partial charge in [-0.15, -0.1) is 0 Å². The first kappa shape index (κ1) is 16.0. The van der Waals surface area contributed by atoms with Crippen LogP contribution in [0.5, 0.6) is 0 Å². The molecule has 1 aromatic rings. The zero-order chi connectivity index (χ0) is 15.3. The molecule has 0 radical (unpaired) electrons. The molecule has 2 rings (SSSR count). The first-order valence-electron chi connectivity index (χ1n) is 7.16. The summed E-state index contributed by atoms with van der Waals surface area (Å²) in [5, 5.41) is 2.91. The average Bonchev–Trinajstić information content (AvgIpc) is 2.48. The van der Waals surface area contributed by atoms with Crippen LogP contribution in [-0.2, 0) is 21.1 Å². The highest BCUT2D eigenvalue weighted by Gasteiger charge is 2.36. The highest BCUT2D eigenvalue weighted by molar-refractivity contribution is 7.91. The van der Waals surface area contributed by atoms with Gasteiger partial charge in [0.1, 0.15) is 9.84 Å². The number of hydrogen-bond donors (Lipinski definition) is 2. The van der Waals surface area contributed by atoms with E-state index in [-0.39, 0.29) is 22.8 Å². The Morgan fingerprint density at radius 3 is 2.38 bits per heavy atom. The molecule has 0 unspecified atom stereocenters. The van der Waals surface area contributed by atoms with Crippen LogP contribution in [0.2, 0.25) is 0 Å². The molecule has 0 aliphatic carbocycles. The van der Waals surface area contributed by atoms with Gasteiger partial charge < -0.3 is 11.1 Å². The number of sulfone groups is 1. The summed E-state index contributed by atoms with van der Waals surface area (Å²) in [5.74, 6) is 0.278. The highest BCUT2D eigenvalue weighted by atomic mass is 32.2. The SMILES string of the molecule is NCC1(CNC(=O)Cc2ccccc2)CCS(=O)(=O)CC1. The maximum atomic E-state index is 12.0. The zero-order valence-corrected chi connectivity index (χ0v) is 12.9. The van der Waals surface area contributed by atoms with E-state index in [1.165, 1.54) is 0 Å². The summed E-state index contributed by atoms with van der Waals surface area (Å²) in [5.41, 5.74) is 6.50. The van der Waals surface area contributed by atoms with Crippen molar-refractivity contribution >= 4 is 15.7 Å². The summed E-state index contributed by atoms with van der Waals surface area (Å²) >= 11 is 0. The van der Waals surface area contributed by atoms with Crippen LogP contribution < -0.4 is 11.1 Å². The number of nitrogens with two attached hydrogens (primary N) is 1. The van der Waals surface area contributed by atoms with E-state index in [9.17, 15) is 13.2 Å². The lowest BCUT2D eigenvalue weighted by molar-refractivity contribution is -0.121. The van der Waals surface area contributed by atoms with Crippen molar-refractivity contribution in [1.29, 1.82) is 0 Å². The number of hydrogen-bond acceptors (Lipinski definition) is 4. The summed E-state index contributed by atoms with van der Waals surface area (Å²) in [6.45, 7) is 0.846. The summed E-state index contributed by atoms with van der Waals surface area (Å²) in [4.78, 5) is 12.0. The Balaban J connectivity index is 1.87. The van der Waals surface area contributed by atoms with Crippen LogP contribution in [0.4, 0.5) is 0 Å². The maximum Gasteiger partial charge on any atom is 0.224 e. The molecule has 1 aliphatic heterocycles. The number of nitrogens with one attached hydrogen (secondary N) is 1. The Labute approximate surface area is 125 Å². The third kappa shape index (κ3) is 4.54. The molecule has 1 heterocycles. The third-order valence-electron chi connectivity index (χ3n) is 4.19. The Kier molecular flexibility index (Phi) is 5.00. The second-order valence-electron chi connectivity index (χ2n) is 5.80. The van der Waals surface area contributed by atoms with E-state index in [0.29, 0.717) is 32.4 Å². The normalized spacial score (nSPS) is 19.9. The fourth-order valence-corrected chi connectivity index (χ4v) is 4.25. The molecule has 116 valence electrons. The lowest BCUT2D eigenvalue weighted by Gasteiger charge is -2.36. The molecular weight excluding hydrogens is 288 g/mol. The minimum absolute atomic E-state index is 0.0533. The maximum absolute atomic E-state index is 12.0. The van der Waals surface area contributed by atoms with E-state index in [2.05, 4.69) is 5.32 Å². The van der Waals surface area contributed by atoms with Crippen LogP contribution in [0.3, 0.4) is 0 Å². The first-order valence-corrected chi connectivity index (χ1v) is 8.98. The van der Waals surface area contributed by atoms with Crippen LogP contribution in [0.1, 0.15) is 18.4 Å². The Morgan fingerprint density at radius 2 is 1.81 bits per heavy atom. The molecule has 0 spiro atoms. The summed E-state index contributed by atoms with van der Waals surface area (Å²) in [7, 11) is -2.92. The fourth-order valence-electron chi connectivity index (χ4n) is 2.55. The molecule has 1 saturated heterocycles. The summed E-state index contributed by atoms with van der Waals surface area (Å²) in [6.07, 6.45) is 1.38. The number of benzene rings is 1. The Hall–Kier alpha value is -1.40. The molecule has 0 atom stereocenters. The summed E-state index contributed by atoms with van der Waals surface area (Å²) < 4.78 is 23.0. The molecule has 3 N–H and O–H groups in total. The van der Waals surface area contributed by atoms with Crippen molar-refractivity contribution in [3.63, 3.8) is 0 Å². The van der Waals surface area contributed by atoms with E-state index in [0.717, 1.165) is 5.56 Å². The van der Waals surface area contributed by atoms with Gasteiger partial charge in [0, 0.05) is 12.0 Å². The second kappa shape index (κ2) is 6.58. The molecule has 1 fully saturated rings. The minimum Gasteiger partial charge on any atom is -0.355 e. The van der Waals surface area contributed by atoms with Gasteiger partial charge in [-0.3, -0.25) is 4.79 Å². The van der Waals surface area contributed by atoms with Crippen molar-refractivity contribution in [3.05, 3.63) is 35.9 Å². The van der Waals surface area contributed by atoms with Crippen molar-refractivity contribution in [2.24, 2.45) is 11.1 Å². The van der Waals surface area contributed by atoms with Gasteiger partial charge >= 0.3 is 0 Å². The molecule has 5 nitrogen and oxygen atoms in total. The predicted octanol–water partition coefficient (Wildman–Crippen LogP) is 0.499. The van der Waals surface area contributed by atoms with Gasteiger partial charge in [-0.1, -0.05) is 30.3 Å². The fraction of sp³-hybridized carbons (Fsp3) is 0.533. The van der Waals surface area contributed by atoms with Gasteiger partial charge in [0.15, 0.2) is 0 Å². The Morgan fingerprint density at radius 1 is 1.19 bits per heavy atom. The molecule has 21 heavy (non-hydrogen) atoms. The smallest absolute Gasteiger partial charge is 0.224 e. The molecule has 0 bridgehead atoms. The predicted molar refractivity (Wildman–Crippen MR) is 82.5 cm³/mol. The topological polar surface area (TPSA) is 89.3 Å². The zero-order valence-electron chi connectivity index (χ0n) is 12.0. The van der Waals surface area contributed by atoms with E-state index in [4.69, 9.17) is 5.73 Å². The van der Waals surface area contributed by atoms with Gasteiger partial charge in [-0.2, -0.15) is 0 Å². The first-order chi connectivity index (χ1) is 9.95. The van der Waals surface area contributed by atoms with Crippen molar-refractivity contribution in [1.82, 2.24) is 5.32 Å². The van der Waals surface area contributed by atoms with Crippen molar-refractivity contribution in [3.8, 4) is 0 Å². The number of carbonyl (C=O) groups is 1. The lowest BCUT2D eigenvalue weighted by Crippen LogP contribution is -2.47. The van der Waals surface area contributed by atoms with Crippen molar-refractivity contribution < 1.29 is 13.2 Å². The van der Waals surface area contributed by atoms with Crippen molar-refractivity contribution in [2.75, 3.05) is 24.6 Å². The van der Waals surface area contributed by atoms with Gasteiger partial charge in [0.25, 0.3) is 0 Å². The van der Waals surface area contributed by atoms with Gasteiger partial charge in [0.05, 0.1) is 17.9 Å². The van der Waals surface area contributed by atoms with Crippen LogP contribution in [0.25, 0.3) is 0 Å². The minimum atomic E-state index is -2.92. The molecule has 1 aromatic carbocycles. The van der Waals surface area contributed by atoms with E-state index < -0.39 is 9.84 Å². The second-order valence-corrected chi connectivity index (χ2v) is 8.10. The van der Waals surface area contributed by atoms with Crippen LogP contribution in [0.15, 0.2) is 30.3 Å².